The number of hydrogen-bond donors (Lipinski definition) is 2. The van der Waals surface area contributed by atoms with Crippen LogP contribution in [-0.2, 0) is 17.8 Å². The van der Waals surface area contributed by atoms with Crippen LogP contribution in [0.15, 0.2) is 97.2 Å². The molecule has 2 N–H and O–H groups in total. The van der Waals surface area contributed by atoms with Crippen LogP contribution in [0.5, 0.6) is 0 Å². The van der Waals surface area contributed by atoms with E-state index in [1.54, 1.807) is 10.9 Å². The molecule has 6 nitrogen and oxygen atoms in total. The Morgan fingerprint density at radius 3 is 1.97 bits per heavy atom. The maximum Gasteiger partial charge on any atom is 0.255 e. The molecule has 2 amide bonds. The van der Waals surface area contributed by atoms with E-state index in [1.165, 1.54) is 0 Å². The normalized spacial score (nSPS) is 10.5. The van der Waals surface area contributed by atoms with E-state index in [1.807, 2.05) is 91.0 Å². The number of carbonyl (C=O) groups is 2. The first kappa shape index (κ1) is 22.0. The van der Waals surface area contributed by atoms with E-state index in [-0.39, 0.29) is 11.8 Å². The second kappa shape index (κ2) is 10.9. The molecule has 0 saturated carbocycles. The van der Waals surface area contributed by atoms with E-state index in [0.29, 0.717) is 37.3 Å². The molecule has 4 aromatic rings. The molecule has 33 heavy (non-hydrogen) atoms. The van der Waals surface area contributed by atoms with Crippen molar-refractivity contribution in [3.05, 3.63) is 114 Å². The lowest BCUT2D eigenvalue weighted by molar-refractivity contribution is -0.120. The molecule has 0 aliphatic heterocycles. The monoisotopic (exact) mass is 438 g/mol. The van der Waals surface area contributed by atoms with Gasteiger partial charge in [-0.15, -0.1) is 0 Å². The van der Waals surface area contributed by atoms with Crippen LogP contribution in [0.1, 0.15) is 21.5 Å². The summed E-state index contributed by atoms with van der Waals surface area (Å²) in [6.45, 7) is 1.26. The summed E-state index contributed by atoms with van der Waals surface area (Å²) in [5.41, 5.74) is 4.08. The Balaban J connectivity index is 1.39. The second-order valence-electron chi connectivity index (χ2n) is 7.71. The van der Waals surface area contributed by atoms with Crippen LogP contribution < -0.4 is 10.6 Å². The molecule has 6 heteroatoms. The van der Waals surface area contributed by atoms with E-state index >= 15 is 0 Å². The van der Waals surface area contributed by atoms with Crippen molar-refractivity contribution in [2.75, 3.05) is 13.1 Å². The molecular weight excluding hydrogens is 412 g/mol. The quantitative estimate of drug-likeness (QED) is 0.392. The summed E-state index contributed by atoms with van der Waals surface area (Å²) in [5.74, 6) is -0.290. The standard InChI is InChI=1S/C27H26N4O2/c32-25(18-21-10-4-1-5-11-21)28-16-17-29-27(33)24-20-31(19-22-12-6-2-7-13-22)30-26(24)23-14-8-3-9-15-23/h1-15,20H,16-19H2,(H,28,32)(H,29,33). The van der Waals surface area contributed by atoms with Crippen LogP contribution >= 0.6 is 0 Å². The van der Waals surface area contributed by atoms with Gasteiger partial charge in [-0.1, -0.05) is 91.0 Å². The highest BCUT2D eigenvalue weighted by atomic mass is 16.2. The van der Waals surface area contributed by atoms with E-state index in [9.17, 15) is 9.59 Å². The van der Waals surface area contributed by atoms with Gasteiger partial charge < -0.3 is 10.6 Å². The third kappa shape index (κ3) is 6.17. The van der Waals surface area contributed by atoms with Gasteiger partial charge in [-0.2, -0.15) is 5.10 Å². The lowest BCUT2D eigenvalue weighted by Gasteiger charge is -2.07. The highest BCUT2D eigenvalue weighted by Gasteiger charge is 2.18. The average molecular weight is 439 g/mol. The van der Waals surface area contributed by atoms with Crippen molar-refractivity contribution in [2.24, 2.45) is 0 Å². The zero-order valence-corrected chi connectivity index (χ0v) is 18.3. The fourth-order valence-electron chi connectivity index (χ4n) is 3.57. The minimum absolute atomic E-state index is 0.0731. The van der Waals surface area contributed by atoms with Gasteiger partial charge >= 0.3 is 0 Å². The Kier molecular flexibility index (Phi) is 7.28. The maximum atomic E-state index is 13.0. The highest BCUT2D eigenvalue weighted by molar-refractivity contribution is 5.99. The number of benzene rings is 3. The Hall–Kier alpha value is -4.19. The molecule has 0 fully saturated rings. The van der Waals surface area contributed by atoms with Crippen LogP contribution in [0.2, 0.25) is 0 Å². The van der Waals surface area contributed by atoms with E-state index in [4.69, 9.17) is 0 Å². The first-order chi connectivity index (χ1) is 16.2. The fourth-order valence-corrected chi connectivity index (χ4v) is 3.57. The maximum absolute atomic E-state index is 13.0. The summed E-state index contributed by atoms with van der Waals surface area (Å²) < 4.78 is 1.79. The van der Waals surface area contributed by atoms with Gasteiger partial charge in [0.1, 0.15) is 5.69 Å². The Morgan fingerprint density at radius 2 is 1.30 bits per heavy atom. The number of aromatic nitrogens is 2. The van der Waals surface area contributed by atoms with Crippen molar-refractivity contribution in [1.29, 1.82) is 0 Å². The summed E-state index contributed by atoms with van der Waals surface area (Å²) in [5, 5.41) is 10.4. The lowest BCUT2D eigenvalue weighted by atomic mass is 10.1. The van der Waals surface area contributed by atoms with Gasteiger partial charge in [0, 0.05) is 24.8 Å². The van der Waals surface area contributed by atoms with E-state index in [2.05, 4.69) is 15.7 Å². The predicted octanol–water partition coefficient (Wildman–Crippen LogP) is 3.69. The minimum atomic E-state index is -0.217. The lowest BCUT2D eigenvalue weighted by Crippen LogP contribution is -2.35. The first-order valence-corrected chi connectivity index (χ1v) is 10.9. The van der Waals surface area contributed by atoms with Gasteiger partial charge in [0.2, 0.25) is 5.91 Å². The van der Waals surface area contributed by atoms with E-state index < -0.39 is 0 Å². The molecule has 1 heterocycles. The Morgan fingerprint density at radius 1 is 0.727 bits per heavy atom. The van der Waals surface area contributed by atoms with Gasteiger partial charge in [0.15, 0.2) is 0 Å². The fraction of sp³-hybridized carbons (Fsp3) is 0.148. The Labute approximate surface area is 193 Å². The average Bonchev–Trinajstić information content (AvgIpc) is 3.27. The van der Waals surface area contributed by atoms with E-state index in [0.717, 1.165) is 16.7 Å². The van der Waals surface area contributed by atoms with Crippen LogP contribution in [-0.4, -0.2) is 34.7 Å². The predicted molar refractivity (Wildman–Crippen MR) is 129 cm³/mol. The topological polar surface area (TPSA) is 76.0 Å². The van der Waals surface area contributed by atoms with Crippen molar-refractivity contribution < 1.29 is 9.59 Å². The Bertz CT molecular complexity index is 1190. The molecule has 0 atom stereocenters. The number of carbonyl (C=O) groups excluding carboxylic acids is 2. The number of nitrogens with zero attached hydrogens (tertiary/aromatic N) is 2. The molecule has 0 saturated heterocycles. The van der Waals surface area contributed by atoms with Gasteiger partial charge in [-0.25, -0.2) is 0 Å². The molecule has 0 unspecified atom stereocenters. The second-order valence-corrected chi connectivity index (χ2v) is 7.71. The molecule has 4 rings (SSSR count). The molecular formula is C27H26N4O2. The van der Waals surface area contributed by atoms with Crippen LogP contribution in [0.4, 0.5) is 0 Å². The molecule has 166 valence electrons. The molecule has 0 aliphatic carbocycles. The SMILES string of the molecule is O=C(Cc1ccccc1)NCCNC(=O)c1cn(Cc2ccccc2)nc1-c1ccccc1. The molecule has 0 spiro atoms. The zero-order valence-electron chi connectivity index (χ0n) is 18.3. The summed E-state index contributed by atoms with van der Waals surface area (Å²) in [4.78, 5) is 25.1. The van der Waals surface area contributed by atoms with Crippen LogP contribution in [0.25, 0.3) is 11.3 Å². The molecule has 0 radical (unpaired) electrons. The molecule has 1 aromatic heterocycles. The third-order valence-electron chi connectivity index (χ3n) is 5.18. The largest absolute Gasteiger partial charge is 0.354 e. The number of hydrogen-bond acceptors (Lipinski definition) is 3. The van der Waals surface area contributed by atoms with Crippen molar-refractivity contribution in [2.45, 2.75) is 13.0 Å². The van der Waals surface area contributed by atoms with Crippen molar-refractivity contribution in [3.8, 4) is 11.3 Å². The molecule has 3 aromatic carbocycles. The number of rotatable bonds is 9. The highest BCUT2D eigenvalue weighted by Crippen LogP contribution is 2.22. The van der Waals surface area contributed by atoms with Gasteiger partial charge in [0.25, 0.3) is 5.91 Å². The van der Waals surface area contributed by atoms with Crippen LogP contribution in [0.3, 0.4) is 0 Å². The van der Waals surface area contributed by atoms with Crippen molar-refractivity contribution >= 4 is 11.8 Å². The van der Waals surface area contributed by atoms with Crippen molar-refractivity contribution in [1.82, 2.24) is 20.4 Å². The van der Waals surface area contributed by atoms with Crippen molar-refractivity contribution in [3.63, 3.8) is 0 Å². The number of nitrogens with one attached hydrogen (secondary N) is 2. The molecule has 0 aliphatic rings. The summed E-state index contributed by atoms with van der Waals surface area (Å²) in [6, 6.07) is 29.2. The van der Waals surface area contributed by atoms with Gasteiger partial charge in [-0.05, 0) is 11.1 Å². The summed E-state index contributed by atoms with van der Waals surface area (Å²) in [6.07, 6.45) is 2.10. The molecule has 0 bridgehead atoms. The minimum Gasteiger partial charge on any atom is -0.354 e. The smallest absolute Gasteiger partial charge is 0.255 e. The zero-order chi connectivity index (χ0) is 22.9. The first-order valence-electron chi connectivity index (χ1n) is 10.9. The third-order valence-corrected chi connectivity index (χ3v) is 5.18. The van der Waals surface area contributed by atoms with Gasteiger partial charge in [-0.3, -0.25) is 14.3 Å². The number of amides is 2. The van der Waals surface area contributed by atoms with Crippen LogP contribution in [0, 0.1) is 0 Å². The van der Waals surface area contributed by atoms with Gasteiger partial charge in [0.05, 0.1) is 18.5 Å². The summed E-state index contributed by atoms with van der Waals surface area (Å²) >= 11 is 0. The summed E-state index contributed by atoms with van der Waals surface area (Å²) in [7, 11) is 0.